The predicted octanol–water partition coefficient (Wildman–Crippen LogP) is 4.37. The van der Waals surface area contributed by atoms with Crippen molar-refractivity contribution in [1.29, 1.82) is 0 Å². The average molecular weight is 487 g/mol. The highest BCUT2D eigenvalue weighted by atomic mass is 32.2. The second-order valence-electron chi connectivity index (χ2n) is 8.72. The number of amides is 1. The van der Waals surface area contributed by atoms with Crippen molar-refractivity contribution in [2.75, 3.05) is 20.2 Å². The van der Waals surface area contributed by atoms with Crippen LogP contribution >= 0.6 is 11.8 Å². The van der Waals surface area contributed by atoms with Crippen LogP contribution in [0.4, 0.5) is 0 Å². The molecule has 3 aromatic rings. The number of likely N-dealkylation sites (tertiary alicyclic amines) is 1. The zero-order valence-electron chi connectivity index (χ0n) is 19.8. The van der Waals surface area contributed by atoms with Crippen LogP contribution in [-0.4, -0.2) is 47.8 Å². The number of esters is 1. The summed E-state index contributed by atoms with van der Waals surface area (Å²) in [6.07, 6.45) is 1.74. The van der Waals surface area contributed by atoms with E-state index in [9.17, 15) is 9.59 Å². The molecule has 0 aliphatic carbocycles. The second-order valence-corrected chi connectivity index (χ2v) is 10.2. The monoisotopic (exact) mass is 486 g/mol. The lowest BCUT2D eigenvalue weighted by atomic mass is 9.84. The van der Waals surface area contributed by atoms with Gasteiger partial charge in [-0.3, -0.25) is 9.69 Å². The summed E-state index contributed by atoms with van der Waals surface area (Å²) in [5, 5.41) is -0.0793. The Morgan fingerprint density at radius 3 is 1.86 bits per heavy atom. The number of carbonyl (C=O) groups excluding carboxylic acids is 2. The van der Waals surface area contributed by atoms with Crippen LogP contribution in [0, 0.1) is 0 Å². The third-order valence-corrected chi connectivity index (χ3v) is 8.32. The predicted molar refractivity (Wildman–Crippen MR) is 141 cm³/mol. The molecule has 1 aliphatic rings. The van der Waals surface area contributed by atoms with E-state index in [0.29, 0.717) is 6.54 Å². The Bertz CT molecular complexity index is 1070. The summed E-state index contributed by atoms with van der Waals surface area (Å²) in [4.78, 5) is 27.5. The van der Waals surface area contributed by atoms with E-state index >= 15 is 0 Å². The van der Waals surface area contributed by atoms with Gasteiger partial charge in [-0.25, -0.2) is 4.79 Å². The van der Waals surface area contributed by atoms with Crippen molar-refractivity contribution >= 4 is 23.6 Å². The van der Waals surface area contributed by atoms with Gasteiger partial charge in [0.05, 0.1) is 4.75 Å². The molecule has 6 heteroatoms. The summed E-state index contributed by atoms with van der Waals surface area (Å²) >= 11 is 1.75. The van der Waals surface area contributed by atoms with E-state index in [-0.39, 0.29) is 18.3 Å². The molecule has 1 fully saturated rings. The fourth-order valence-electron chi connectivity index (χ4n) is 4.95. The normalized spacial score (nSPS) is 20.3. The number of nitrogens with zero attached hydrogens (tertiary/aromatic N) is 1. The van der Waals surface area contributed by atoms with E-state index in [2.05, 4.69) is 43.0 Å². The fraction of sp³-hybridized carbons (Fsp3) is 0.241. The average Bonchev–Trinajstić information content (AvgIpc) is 3.24. The molecule has 5 nitrogen and oxygen atoms in total. The molecule has 35 heavy (non-hydrogen) atoms. The lowest BCUT2D eigenvalue weighted by Crippen LogP contribution is -2.58. The number of carbonyl (C=O) groups is 2. The maximum absolute atomic E-state index is 13.1. The molecule has 4 rings (SSSR count). The van der Waals surface area contributed by atoms with Gasteiger partial charge in [-0.1, -0.05) is 104 Å². The van der Waals surface area contributed by atoms with Gasteiger partial charge in [0, 0.05) is 11.8 Å². The molecule has 0 bridgehead atoms. The van der Waals surface area contributed by atoms with E-state index in [1.807, 2.05) is 54.6 Å². The Labute approximate surface area is 211 Å². The van der Waals surface area contributed by atoms with Gasteiger partial charge in [-0.05, 0) is 30.2 Å². The molecular weight excluding hydrogens is 456 g/mol. The van der Waals surface area contributed by atoms with Crippen molar-refractivity contribution < 1.29 is 14.3 Å². The minimum Gasteiger partial charge on any atom is -0.460 e. The topological polar surface area (TPSA) is 72.6 Å². The highest BCUT2D eigenvalue weighted by molar-refractivity contribution is 8.01. The van der Waals surface area contributed by atoms with Gasteiger partial charge in [0.15, 0.2) is 5.54 Å². The first-order chi connectivity index (χ1) is 16.9. The lowest BCUT2D eigenvalue weighted by Gasteiger charge is -2.37. The van der Waals surface area contributed by atoms with Crippen molar-refractivity contribution in [2.24, 2.45) is 5.73 Å². The first-order valence-corrected chi connectivity index (χ1v) is 12.5. The number of hydrogen-bond acceptors (Lipinski definition) is 5. The Kier molecular flexibility index (Phi) is 7.43. The van der Waals surface area contributed by atoms with Crippen LogP contribution in [0.5, 0.6) is 0 Å². The molecule has 2 atom stereocenters. The number of nitrogens with two attached hydrogens (primary N) is 1. The molecule has 2 N–H and O–H groups in total. The minimum atomic E-state index is -1.52. The number of benzene rings is 3. The number of ether oxygens (including phenoxy) is 1. The molecule has 0 aromatic heterocycles. The number of thioether (sulfide) groups is 1. The first-order valence-electron chi connectivity index (χ1n) is 11.6. The van der Waals surface area contributed by atoms with E-state index in [1.54, 1.807) is 23.7 Å². The van der Waals surface area contributed by atoms with Crippen LogP contribution < -0.4 is 5.73 Å². The van der Waals surface area contributed by atoms with E-state index in [1.165, 1.54) is 6.08 Å². The zero-order chi connectivity index (χ0) is 24.9. The Morgan fingerprint density at radius 1 is 1.00 bits per heavy atom. The van der Waals surface area contributed by atoms with Gasteiger partial charge < -0.3 is 10.5 Å². The molecular formula is C29H30N2O3S. The molecule has 1 saturated heterocycles. The Morgan fingerprint density at radius 2 is 1.46 bits per heavy atom. The van der Waals surface area contributed by atoms with Crippen LogP contribution in [-0.2, 0) is 19.1 Å². The summed E-state index contributed by atoms with van der Waals surface area (Å²) in [6, 6.07) is 31.0. The molecule has 0 saturated carbocycles. The molecule has 0 unspecified atom stereocenters. The van der Waals surface area contributed by atoms with Gasteiger partial charge in [-0.15, -0.1) is 11.8 Å². The van der Waals surface area contributed by atoms with Gasteiger partial charge in [0.25, 0.3) is 0 Å². The van der Waals surface area contributed by atoms with E-state index < -0.39 is 22.2 Å². The quantitative estimate of drug-likeness (QED) is 0.210. The molecule has 1 heterocycles. The number of rotatable bonds is 9. The molecule has 0 radical (unpaired) electrons. The van der Waals surface area contributed by atoms with E-state index in [4.69, 9.17) is 10.5 Å². The number of hydrogen-bond donors (Lipinski definition) is 1. The van der Waals surface area contributed by atoms with Gasteiger partial charge in [0.2, 0.25) is 5.91 Å². The van der Waals surface area contributed by atoms with Gasteiger partial charge >= 0.3 is 5.97 Å². The summed E-state index contributed by atoms with van der Waals surface area (Å²) in [7, 11) is 1.76. The maximum Gasteiger partial charge on any atom is 0.336 e. The standard InChI is InChI=1S/C29H30N2O3S/c1-3-19-34-27(33)28(26(30)32)20-25(21-31(28)2)35-29(22-13-7-4-8-14-22,23-15-9-5-10-16-23)24-17-11-6-12-18-24/h3-18,25H,1,19-21H2,2H3,(H2,30,32)/t25-,28+/m0/s1. The molecule has 1 amide bonds. The van der Waals surface area contributed by atoms with Crippen LogP contribution in [0.3, 0.4) is 0 Å². The van der Waals surface area contributed by atoms with Crippen molar-refractivity contribution in [3.05, 3.63) is 120 Å². The fourth-order valence-corrected chi connectivity index (χ4v) is 6.88. The second kappa shape index (κ2) is 10.5. The Hall–Kier alpha value is -3.35. The van der Waals surface area contributed by atoms with Crippen LogP contribution in [0.25, 0.3) is 0 Å². The smallest absolute Gasteiger partial charge is 0.336 e. The Balaban J connectivity index is 1.83. The summed E-state index contributed by atoms with van der Waals surface area (Å²) in [5.74, 6) is -1.32. The lowest BCUT2D eigenvalue weighted by molar-refractivity contribution is -0.159. The minimum absolute atomic E-state index is 0.0293. The molecule has 180 valence electrons. The summed E-state index contributed by atoms with van der Waals surface area (Å²) < 4.78 is 4.77. The van der Waals surface area contributed by atoms with Gasteiger partial charge in [-0.2, -0.15) is 0 Å². The van der Waals surface area contributed by atoms with Crippen LogP contribution in [0.2, 0.25) is 0 Å². The molecule has 0 spiro atoms. The van der Waals surface area contributed by atoms with Crippen molar-refractivity contribution in [3.63, 3.8) is 0 Å². The SMILES string of the molecule is C=CCOC(=O)[C@]1(C(N)=O)C[C@H](SC(c2ccccc2)(c2ccccc2)c2ccccc2)CN1C. The van der Waals surface area contributed by atoms with E-state index in [0.717, 1.165) is 16.7 Å². The highest BCUT2D eigenvalue weighted by Crippen LogP contribution is 2.53. The highest BCUT2D eigenvalue weighted by Gasteiger charge is 2.57. The third kappa shape index (κ3) is 4.51. The summed E-state index contributed by atoms with van der Waals surface area (Å²) in [6.45, 7) is 4.13. The van der Waals surface area contributed by atoms with Gasteiger partial charge in [0.1, 0.15) is 6.61 Å². The maximum atomic E-state index is 13.1. The first kappa shape index (κ1) is 24.8. The van der Waals surface area contributed by atoms with Crippen LogP contribution in [0.1, 0.15) is 23.1 Å². The van der Waals surface area contributed by atoms with Crippen molar-refractivity contribution in [3.8, 4) is 0 Å². The number of likely N-dealkylation sites (N-methyl/N-ethyl adjacent to an activating group) is 1. The largest absolute Gasteiger partial charge is 0.460 e. The van der Waals surface area contributed by atoms with Crippen LogP contribution in [0.15, 0.2) is 104 Å². The number of primary amides is 1. The third-order valence-electron chi connectivity index (χ3n) is 6.61. The zero-order valence-corrected chi connectivity index (χ0v) is 20.6. The van der Waals surface area contributed by atoms with Crippen molar-refractivity contribution in [2.45, 2.75) is 22.0 Å². The summed E-state index contributed by atoms with van der Waals surface area (Å²) in [5.41, 5.74) is 7.68. The van der Waals surface area contributed by atoms with Crippen molar-refractivity contribution in [1.82, 2.24) is 4.90 Å². The molecule has 1 aliphatic heterocycles. The molecule has 3 aromatic carbocycles.